The average molecular weight is 267 g/mol. The van der Waals surface area contributed by atoms with Crippen LogP contribution in [0.1, 0.15) is 0 Å². The van der Waals surface area contributed by atoms with Gasteiger partial charge in [-0.3, -0.25) is 14.3 Å². The topological polar surface area (TPSA) is 107 Å². The van der Waals surface area contributed by atoms with Crippen LogP contribution in [0.4, 0.5) is 0 Å². The van der Waals surface area contributed by atoms with Gasteiger partial charge in [0.1, 0.15) is 0 Å². The summed E-state index contributed by atoms with van der Waals surface area (Å²) < 4.78 is 31.6. The first-order chi connectivity index (χ1) is 8.39. The van der Waals surface area contributed by atoms with Crippen molar-refractivity contribution in [2.75, 3.05) is 0 Å². The highest BCUT2D eigenvalue weighted by Gasteiger charge is 2.22. The summed E-state index contributed by atoms with van der Waals surface area (Å²) >= 11 is 0. The van der Waals surface area contributed by atoms with Crippen LogP contribution in [0.15, 0.2) is 46.1 Å². The Kier molecular flexibility index (Phi) is 2.93. The molecule has 0 saturated carbocycles. The van der Waals surface area contributed by atoms with Gasteiger partial charge in [-0.15, -0.1) is 0 Å². The van der Waals surface area contributed by atoms with E-state index < -0.39 is 26.5 Å². The molecule has 0 atom stereocenters. The summed E-state index contributed by atoms with van der Waals surface area (Å²) in [5.74, 6) is -0.885. The third-order valence-corrected chi connectivity index (χ3v) is 3.25. The van der Waals surface area contributed by atoms with E-state index in [2.05, 4.69) is 0 Å². The lowest BCUT2D eigenvalue weighted by molar-refractivity contribution is 0.425. The first-order valence-electron chi connectivity index (χ1n) is 4.89. The Hall–Kier alpha value is -2.12. The fourth-order valence-corrected chi connectivity index (χ4v) is 2.38. The number of benzene rings is 1. The lowest BCUT2D eigenvalue weighted by Crippen LogP contribution is -2.10. The first kappa shape index (κ1) is 12.3. The highest BCUT2D eigenvalue weighted by molar-refractivity contribution is 7.86. The van der Waals surface area contributed by atoms with E-state index in [9.17, 15) is 18.3 Å². The highest BCUT2D eigenvalue weighted by Crippen LogP contribution is 2.30. The van der Waals surface area contributed by atoms with Crippen LogP contribution in [-0.2, 0) is 10.1 Å². The third-order valence-electron chi connectivity index (χ3n) is 2.32. The fourth-order valence-electron chi connectivity index (χ4n) is 1.63. The van der Waals surface area contributed by atoms with Crippen LogP contribution in [-0.4, -0.2) is 23.1 Å². The molecule has 0 radical (unpaired) electrons. The molecule has 0 aliphatic heterocycles. The molecule has 0 aliphatic rings. The molecule has 1 aromatic heterocycles. The predicted octanol–water partition coefficient (Wildman–Crippen LogP) is 0.994. The number of aromatic hydroxyl groups is 1. The molecule has 0 saturated heterocycles. The van der Waals surface area contributed by atoms with Crippen molar-refractivity contribution in [2.45, 2.75) is 4.90 Å². The molecule has 0 fully saturated rings. The Morgan fingerprint density at radius 3 is 2.28 bits per heavy atom. The van der Waals surface area contributed by atoms with Crippen LogP contribution < -0.4 is 5.56 Å². The molecular weight excluding hydrogens is 258 g/mol. The maximum atomic E-state index is 11.3. The van der Waals surface area contributed by atoms with Crippen molar-refractivity contribution in [1.29, 1.82) is 0 Å². The van der Waals surface area contributed by atoms with E-state index in [-0.39, 0.29) is 5.56 Å². The zero-order valence-corrected chi connectivity index (χ0v) is 9.81. The number of aromatic amines is 1. The number of nitrogens with one attached hydrogen (secondary N) is 1. The Labute approximate surface area is 102 Å². The molecule has 0 bridgehead atoms. The molecule has 6 nitrogen and oxygen atoms in total. The minimum atomic E-state index is -4.65. The van der Waals surface area contributed by atoms with Gasteiger partial charge in [0, 0.05) is 11.6 Å². The number of rotatable bonds is 2. The third kappa shape index (κ3) is 2.27. The number of hydrogen-bond donors (Lipinski definition) is 3. The lowest BCUT2D eigenvalue weighted by atomic mass is 10.1. The summed E-state index contributed by atoms with van der Waals surface area (Å²) in [7, 11) is -4.65. The molecular formula is C11H9NO5S. The molecule has 0 unspecified atom stereocenters. The van der Waals surface area contributed by atoms with E-state index >= 15 is 0 Å². The second-order valence-corrected chi connectivity index (χ2v) is 4.92. The van der Waals surface area contributed by atoms with Gasteiger partial charge in [0.2, 0.25) is 5.88 Å². The van der Waals surface area contributed by atoms with E-state index in [4.69, 9.17) is 4.55 Å². The molecule has 1 heterocycles. The number of H-pyrrole nitrogens is 1. The van der Waals surface area contributed by atoms with Crippen LogP contribution in [0.3, 0.4) is 0 Å². The predicted molar refractivity (Wildman–Crippen MR) is 64.0 cm³/mol. The molecule has 18 heavy (non-hydrogen) atoms. The van der Waals surface area contributed by atoms with Crippen LogP contribution in [0, 0.1) is 0 Å². The first-order valence-corrected chi connectivity index (χ1v) is 6.33. The van der Waals surface area contributed by atoms with E-state index in [0.29, 0.717) is 5.56 Å². The summed E-state index contributed by atoms with van der Waals surface area (Å²) in [5, 5.41) is 9.47. The number of hydrogen-bond acceptors (Lipinski definition) is 4. The molecule has 94 valence electrons. The molecule has 0 aliphatic carbocycles. The summed E-state index contributed by atoms with van der Waals surface area (Å²) in [4.78, 5) is 12.5. The van der Waals surface area contributed by atoms with Crippen molar-refractivity contribution < 1.29 is 18.1 Å². The molecule has 2 rings (SSSR count). The standard InChI is InChI=1S/C11H9NO5S/c13-9-6-8(7-4-2-1-3-5-7)10(11(14)12-9)18(15,16)17/h1-6H,(H2,12,13,14)(H,15,16,17). The van der Waals surface area contributed by atoms with Gasteiger partial charge in [-0.1, -0.05) is 30.3 Å². The molecule has 3 N–H and O–H groups in total. The van der Waals surface area contributed by atoms with E-state index in [1.165, 1.54) is 0 Å². The van der Waals surface area contributed by atoms with Crippen molar-refractivity contribution in [3.05, 3.63) is 46.8 Å². The molecule has 1 aromatic carbocycles. The fraction of sp³-hybridized carbons (Fsp3) is 0. The summed E-state index contributed by atoms with van der Waals surface area (Å²) in [6, 6.07) is 9.11. The molecule has 7 heteroatoms. The van der Waals surface area contributed by atoms with Gasteiger partial charge in [0.05, 0.1) is 0 Å². The van der Waals surface area contributed by atoms with Crippen LogP contribution in [0.25, 0.3) is 11.1 Å². The average Bonchev–Trinajstić information content (AvgIpc) is 2.27. The van der Waals surface area contributed by atoms with Gasteiger partial charge in [0.25, 0.3) is 15.7 Å². The van der Waals surface area contributed by atoms with Crippen molar-refractivity contribution >= 4 is 10.1 Å². The van der Waals surface area contributed by atoms with Gasteiger partial charge in [-0.2, -0.15) is 8.42 Å². The van der Waals surface area contributed by atoms with Gasteiger partial charge in [-0.25, -0.2) is 0 Å². The van der Waals surface area contributed by atoms with Gasteiger partial charge in [-0.05, 0) is 5.56 Å². The minimum absolute atomic E-state index is 0.0562. The maximum Gasteiger partial charge on any atom is 0.300 e. The zero-order valence-electron chi connectivity index (χ0n) is 8.99. The summed E-state index contributed by atoms with van der Waals surface area (Å²) in [5.41, 5.74) is -0.329. The van der Waals surface area contributed by atoms with Crippen LogP contribution in [0.2, 0.25) is 0 Å². The summed E-state index contributed by atoms with van der Waals surface area (Å²) in [6.45, 7) is 0. The normalized spacial score (nSPS) is 11.4. The van der Waals surface area contributed by atoms with E-state index in [1.807, 2.05) is 4.98 Å². The molecule has 2 aromatic rings. The highest BCUT2D eigenvalue weighted by atomic mass is 32.2. The van der Waals surface area contributed by atoms with E-state index in [1.54, 1.807) is 30.3 Å². The Bertz CT molecular complexity index is 734. The zero-order chi connectivity index (χ0) is 13.3. The lowest BCUT2D eigenvalue weighted by Gasteiger charge is -2.08. The van der Waals surface area contributed by atoms with Crippen LogP contribution >= 0.6 is 0 Å². The molecule has 0 amide bonds. The SMILES string of the molecule is O=c1cc(-c2ccccc2)c(S(=O)(=O)O)c(O)[nH]1. The van der Waals surface area contributed by atoms with Gasteiger partial charge in [0.15, 0.2) is 4.90 Å². The van der Waals surface area contributed by atoms with Crippen molar-refractivity contribution in [3.8, 4) is 17.0 Å². The van der Waals surface area contributed by atoms with Crippen molar-refractivity contribution in [2.24, 2.45) is 0 Å². The van der Waals surface area contributed by atoms with E-state index in [0.717, 1.165) is 6.07 Å². The quantitative estimate of drug-likeness (QED) is 0.703. The van der Waals surface area contributed by atoms with Crippen LogP contribution in [0.5, 0.6) is 5.88 Å². The second kappa shape index (κ2) is 4.28. The maximum absolute atomic E-state index is 11.3. The van der Waals surface area contributed by atoms with Crippen molar-refractivity contribution in [3.63, 3.8) is 0 Å². The second-order valence-electron chi connectivity index (χ2n) is 3.57. The Morgan fingerprint density at radius 2 is 1.72 bits per heavy atom. The molecule has 0 spiro atoms. The smallest absolute Gasteiger partial charge is 0.300 e. The largest absolute Gasteiger partial charge is 0.494 e. The van der Waals surface area contributed by atoms with Crippen molar-refractivity contribution in [1.82, 2.24) is 4.98 Å². The van der Waals surface area contributed by atoms with Gasteiger partial charge < -0.3 is 5.11 Å². The Morgan fingerprint density at radius 1 is 1.11 bits per heavy atom. The summed E-state index contributed by atoms with van der Waals surface area (Å²) in [6.07, 6.45) is 0. The Balaban J connectivity index is 2.86. The number of pyridine rings is 1. The monoisotopic (exact) mass is 267 g/mol. The minimum Gasteiger partial charge on any atom is -0.494 e. The number of aromatic nitrogens is 1. The van der Waals surface area contributed by atoms with Gasteiger partial charge >= 0.3 is 0 Å².